The van der Waals surface area contributed by atoms with Crippen molar-refractivity contribution >= 4 is 23.7 Å². The number of aliphatic hydroxyl groups excluding tert-OH is 1. The predicted octanol–water partition coefficient (Wildman–Crippen LogP) is 0.928. The van der Waals surface area contributed by atoms with Gasteiger partial charge in [0.05, 0.1) is 19.1 Å². The minimum Gasteiger partial charge on any atom is -0.461 e. The maximum absolute atomic E-state index is 12.6. The van der Waals surface area contributed by atoms with Gasteiger partial charge in [-0.3, -0.25) is 19.2 Å². The lowest BCUT2D eigenvalue weighted by Crippen LogP contribution is -2.46. The van der Waals surface area contributed by atoms with Gasteiger partial charge < -0.3 is 25.4 Å². The maximum atomic E-state index is 12.6. The van der Waals surface area contributed by atoms with Gasteiger partial charge in [0.15, 0.2) is 0 Å². The first-order chi connectivity index (χ1) is 15.2. The van der Waals surface area contributed by atoms with Crippen molar-refractivity contribution in [3.8, 4) is 0 Å². The second-order valence-corrected chi connectivity index (χ2v) is 8.18. The molecule has 0 aromatic heterocycles. The average Bonchev–Trinajstić information content (AvgIpc) is 3.30. The summed E-state index contributed by atoms with van der Waals surface area (Å²) in [6.07, 6.45) is 4.87. The number of esters is 1. The molecule has 180 valence electrons. The number of allylic oxidation sites excluding steroid dienone is 2. The number of nitrogens with one attached hydrogen (secondary N) is 2. The number of carbonyl (C=O) groups is 4. The highest BCUT2D eigenvalue weighted by Crippen LogP contribution is 2.17. The highest BCUT2D eigenvalue weighted by atomic mass is 16.5. The van der Waals surface area contributed by atoms with E-state index in [1.54, 1.807) is 24.8 Å². The third-order valence-corrected chi connectivity index (χ3v) is 5.24. The van der Waals surface area contributed by atoms with Crippen LogP contribution >= 0.6 is 0 Å². The molecule has 0 bridgehead atoms. The Bertz CT molecular complexity index is 675. The lowest BCUT2D eigenvalue weighted by molar-refractivity contribution is -0.156. The third kappa shape index (κ3) is 9.21. The largest absolute Gasteiger partial charge is 0.461 e. The summed E-state index contributed by atoms with van der Waals surface area (Å²) in [5.41, 5.74) is 0. The van der Waals surface area contributed by atoms with Crippen LogP contribution in [-0.2, 0) is 23.9 Å². The van der Waals surface area contributed by atoms with Gasteiger partial charge in [0.2, 0.25) is 17.7 Å². The Morgan fingerprint density at radius 1 is 1.06 bits per heavy atom. The van der Waals surface area contributed by atoms with Crippen molar-refractivity contribution in [3.63, 3.8) is 0 Å². The molecule has 1 fully saturated rings. The summed E-state index contributed by atoms with van der Waals surface area (Å²) < 4.78 is 5.44. The maximum Gasteiger partial charge on any atom is 0.310 e. The van der Waals surface area contributed by atoms with E-state index < -0.39 is 41.8 Å². The van der Waals surface area contributed by atoms with Gasteiger partial charge in [-0.1, -0.05) is 12.2 Å². The van der Waals surface area contributed by atoms with Gasteiger partial charge in [0.1, 0.15) is 12.0 Å². The number of aliphatic hydroxyl groups is 1. The van der Waals surface area contributed by atoms with Crippen molar-refractivity contribution < 1.29 is 29.0 Å². The molecule has 32 heavy (non-hydrogen) atoms. The molecule has 3 amide bonds. The molecule has 1 aliphatic heterocycles. The minimum absolute atomic E-state index is 0.0158. The summed E-state index contributed by atoms with van der Waals surface area (Å²) >= 11 is 0. The lowest BCUT2D eigenvalue weighted by Gasteiger charge is -2.22. The first kappa shape index (κ1) is 27.4. The minimum atomic E-state index is -1.00. The second kappa shape index (κ2) is 14.4. The van der Waals surface area contributed by atoms with Crippen LogP contribution in [0.4, 0.5) is 0 Å². The fourth-order valence-corrected chi connectivity index (χ4v) is 3.36. The average molecular weight is 452 g/mol. The number of hydrogen-bond acceptors (Lipinski definition) is 6. The normalized spacial score (nSPS) is 16.9. The molecule has 9 heteroatoms. The van der Waals surface area contributed by atoms with E-state index in [4.69, 9.17) is 9.84 Å². The molecule has 9 nitrogen and oxygen atoms in total. The van der Waals surface area contributed by atoms with Crippen LogP contribution in [0.2, 0.25) is 0 Å². The molecule has 1 aliphatic rings. The number of amides is 3. The first-order valence-electron chi connectivity index (χ1n) is 11.1. The molecule has 0 radical (unpaired) electrons. The number of nitrogens with zero attached hydrogens (tertiary/aromatic N) is 1. The molecule has 3 N–H and O–H groups in total. The number of rotatable bonds is 14. The summed E-state index contributed by atoms with van der Waals surface area (Å²) in [5.74, 6) is -3.25. The Balaban J connectivity index is 2.58. The molecule has 1 heterocycles. The molecule has 1 saturated heterocycles. The van der Waals surface area contributed by atoms with E-state index in [-0.39, 0.29) is 31.9 Å². The summed E-state index contributed by atoms with van der Waals surface area (Å²) in [6, 6.07) is -0.479. The van der Waals surface area contributed by atoms with Gasteiger partial charge in [-0.15, -0.1) is 13.2 Å². The fourth-order valence-electron chi connectivity index (χ4n) is 3.36. The van der Waals surface area contributed by atoms with E-state index in [2.05, 4.69) is 23.8 Å². The number of ether oxygens (including phenoxy) is 1. The van der Waals surface area contributed by atoms with Crippen LogP contribution in [0.5, 0.6) is 0 Å². The highest BCUT2D eigenvalue weighted by Gasteiger charge is 2.29. The van der Waals surface area contributed by atoms with E-state index in [9.17, 15) is 19.2 Å². The SMILES string of the molecule is C=CCC(C(=O)NC[C@H](C)OC(=O)[C@H](CC=C)CC(=O)N1CCCC1)C(=O)N[C@@H](C)CO. The monoisotopic (exact) mass is 451 g/mol. The molecule has 0 aromatic rings. The molecule has 0 saturated carbocycles. The third-order valence-electron chi connectivity index (χ3n) is 5.24. The van der Waals surface area contributed by atoms with Crippen LogP contribution in [0, 0.1) is 11.8 Å². The Morgan fingerprint density at radius 3 is 2.25 bits per heavy atom. The van der Waals surface area contributed by atoms with E-state index in [1.165, 1.54) is 6.08 Å². The molecular formula is C23H37N3O6. The topological polar surface area (TPSA) is 125 Å². The van der Waals surface area contributed by atoms with Crippen molar-refractivity contribution in [2.24, 2.45) is 11.8 Å². The quantitative estimate of drug-likeness (QED) is 0.205. The Labute approximate surface area is 190 Å². The molecule has 1 unspecified atom stereocenters. The van der Waals surface area contributed by atoms with Crippen LogP contribution in [0.1, 0.15) is 46.0 Å². The van der Waals surface area contributed by atoms with E-state index in [0.29, 0.717) is 19.5 Å². The van der Waals surface area contributed by atoms with Crippen LogP contribution in [0.3, 0.4) is 0 Å². The van der Waals surface area contributed by atoms with Gasteiger partial charge in [0.25, 0.3) is 0 Å². The number of carbonyl (C=O) groups excluding carboxylic acids is 4. The fraction of sp³-hybridized carbons (Fsp3) is 0.652. The summed E-state index contributed by atoms with van der Waals surface area (Å²) in [5, 5.41) is 14.3. The smallest absolute Gasteiger partial charge is 0.310 e. The van der Waals surface area contributed by atoms with Crippen molar-refractivity contribution in [3.05, 3.63) is 25.3 Å². The molecule has 0 aromatic carbocycles. The van der Waals surface area contributed by atoms with Crippen LogP contribution in [0.15, 0.2) is 25.3 Å². The van der Waals surface area contributed by atoms with Gasteiger partial charge in [-0.2, -0.15) is 0 Å². The molecular weight excluding hydrogens is 414 g/mol. The van der Waals surface area contributed by atoms with Crippen molar-refractivity contribution in [2.75, 3.05) is 26.2 Å². The van der Waals surface area contributed by atoms with Crippen LogP contribution in [-0.4, -0.2) is 72.1 Å². The lowest BCUT2D eigenvalue weighted by atomic mass is 10.0. The summed E-state index contributed by atoms with van der Waals surface area (Å²) in [7, 11) is 0. The second-order valence-electron chi connectivity index (χ2n) is 8.18. The van der Waals surface area contributed by atoms with E-state index in [1.807, 2.05) is 0 Å². The van der Waals surface area contributed by atoms with Crippen LogP contribution < -0.4 is 10.6 Å². The zero-order valence-corrected chi connectivity index (χ0v) is 19.2. The van der Waals surface area contributed by atoms with Crippen molar-refractivity contribution in [1.29, 1.82) is 0 Å². The van der Waals surface area contributed by atoms with Gasteiger partial charge in [-0.05, 0) is 39.5 Å². The van der Waals surface area contributed by atoms with E-state index in [0.717, 1.165) is 12.8 Å². The number of hydrogen-bond donors (Lipinski definition) is 3. The van der Waals surface area contributed by atoms with Crippen molar-refractivity contribution in [1.82, 2.24) is 15.5 Å². The standard InChI is InChI=1S/C23H37N3O6/c1-5-9-18(13-20(28)26-11-7-8-12-26)23(31)32-17(4)14-24-21(29)19(10-6-2)22(30)25-16(3)15-27/h5-6,16-19,27H,1-2,7-15H2,3-4H3,(H,24,29)(H,25,30)/t16-,17-,18+,19?/m0/s1. The van der Waals surface area contributed by atoms with Crippen LogP contribution in [0.25, 0.3) is 0 Å². The highest BCUT2D eigenvalue weighted by molar-refractivity contribution is 6.00. The zero-order chi connectivity index (χ0) is 24.1. The molecule has 0 spiro atoms. The molecule has 4 atom stereocenters. The predicted molar refractivity (Wildman–Crippen MR) is 120 cm³/mol. The summed E-state index contributed by atoms with van der Waals surface area (Å²) in [4.78, 5) is 51.5. The van der Waals surface area contributed by atoms with Crippen molar-refractivity contribution in [2.45, 2.75) is 58.1 Å². The van der Waals surface area contributed by atoms with Gasteiger partial charge in [-0.25, -0.2) is 0 Å². The van der Waals surface area contributed by atoms with Gasteiger partial charge in [0, 0.05) is 25.6 Å². The van der Waals surface area contributed by atoms with E-state index >= 15 is 0 Å². The summed E-state index contributed by atoms with van der Waals surface area (Å²) in [6.45, 7) is 11.7. The Hall–Kier alpha value is -2.68. The Kier molecular flexibility index (Phi) is 12.3. The Morgan fingerprint density at radius 2 is 1.69 bits per heavy atom. The molecule has 0 aliphatic carbocycles. The number of likely N-dealkylation sites (tertiary alicyclic amines) is 1. The first-order valence-corrected chi connectivity index (χ1v) is 11.1. The zero-order valence-electron chi connectivity index (χ0n) is 19.2. The molecule has 1 rings (SSSR count). The van der Waals surface area contributed by atoms with Gasteiger partial charge >= 0.3 is 5.97 Å².